The van der Waals surface area contributed by atoms with Gasteiger partial charge in [0.05, 0.1) is 22.1 Å². The summed E-state index contributed by atoms with van der Waals surface area (Å²) in [4.78, 5) is 0. The van der Waals surface area contributed by atoms with E-state index in [0.29, 0.717) is 0 Å². The third kappa shape index (κ3) is 4.20. The van der Waals surface area contributed by atoms with E-state index < -0.39 is 0 Å². The maximum Gasteiger partial charge on any atom is 0.0547 e. The van der Waals surface area contributed by atoms with Crippen LogP contribution in [-0.2, 0) is 7.05 Å². The van der Waals surface area contributed by atoms with Crippen molar-refractivity contribution in [3.05, 3.63) is 182 Å². The summed E-state index contributed by atoms with van der Waals surface area (Å²) in [5, 5.41) is 7.60. The van der Waals surface area contributed by atoms with Crippen LogP contribution < -0.4 is 0 Å². The first-order valence-electron chi connectivity index (χ1n) is 17.9. The van der Waals surface area contributed by atoms with Crippen LogP contribution >= 0.6 is 0 Å². The fraction of sp³-hybridized carbons (Fsp3) is 0.0204. The number of nitrogens with zero attached hydrogens (tertiary/aromatic N) is 3. The SMILES string of the molecule is Cn1c2ccccc2c2ccc(-c3ccc4c(c3)c3ccc(-c5ccc6c(c5)c5ccccc5n6-c5ccccc5)cc3n4-c3ccccc3)cc21. The Balaban J connectivity index is 1.10. The molecule has 0 spiro atoms. The summed E-state index contributed by atoms with van der Waals surface area (Å²) >= 11 is 0. The summed E-state index contributed by atoms with van der Waals surface area (Å²) in [6, 6.07) is 66.6. The quantitative estimate of drug-likeness (QED) is 0.178. The highest BCUT2D eigenvalue weighted by Gasteiger charge is 2.17. The lowest BCUT2D eigenvalue weighted by Crippen LogP contribution is -1.94. The molecule has 0 atom stereocenters. The molecule has 3 aromatic heterocycles. The van der Waals surface area contributed by atoms with Crippen molar-refractivity contribution in [2.45, 2.75) is 0 Å². The summed E-state index contributed by atoms with van der Waals surface area (Å²) in [5.74, 6) is 0. The topological polar surface area (TPSA) is 14.8 Å². The predicted octanol–water partition coefficient (Wildman–Crippen LogP) is 12.9. The van der Waals surface area contributed by atoms with E-state index in [4.69, 9.17) is 0 Å². The zero-order valence-electron chi connectivity index (χ0n) is 28.7. The summed E-state index contributed by atoms with van der Waals surface area (Å²) in [6.07, 6.45) is 0. The first-order valence-corrected chi connectivity index (χ1v) is 17.9. The Kier molecular flexibility index (Phi) is 6.17. The molecular formula is C49H33N3. The normalized spacial score (nSPS) is 11.9. The average molecular weight is 664 g/mol. The molecule has 11 rings (SSSR count). The molecule has 0 bridgehead atoms. The Morgan fingerprint density at radius 3 is 1.25 bits per heavy atom. The Hall–Kier alpha value is -6.84. The highest BCUT2D eigenvalue weighted by Crippen LogP contribution is 2.40. The zero-order valence-corrected chi connectivity index (χ0v) is 28.7. The van der Waals surface area contributed by atoms with Gasteiger partial charge in [0, 0.05) is 61.8 Å². The van der Waals surface area contributed by atoms with Gasteiger partial charge in [0.15, 0.2) is 0 Å². The van der Waals surface area contributed by atoms with E-state index in [0.717, 1.165) is 5.69 Å². The van der Waals surface area contributed by atoms with Gasteiger partial charge in [-0.15, -0.1) is 0 Å². The number of aromatic nitrogens is 3. The van der Waals surface area contributed by atoms with Crippen LogP contribution in [0.5, 0.6) is 0 Å². The minimum absolute atomic E-state index is 1.16. The summed E-state index contributed by atoms with van der Waals surface area (Å²) in [5.41, 5.74) is 14.5. The molecule has 0 amide bonds. The van der Waals surface area contributed by atoms with Gasteiger partial charge in [-0.1, -0.05) is 109 Å². The summed E-state index contributed by atoms with van der Waals surface area (Å²) < 4.78 is 7.11. The molecule has 3 heteroatoms. The lowest BCUT2D eigenvalue weighted by molar-refractivity contribution is 1.01. The maximum atomic E-state index is 2.42. The molecule has 11 aromatic rings. The van der Waals surface area contributed by atoms with Crippen LogP contribution in [0.4, 0.5) is 0 Å². The van der Waals surface area contributed by atoms with E-state index in [-0.39, 0.29) is 0 Å². The standard InChI is InChI=1S/C49H33N3/c1-50-44-18-10-8-16-38(44)40-24-20-34(30-48(40)50)32-23-27-47-43(29-32)41-25-21-35(31-49(41)52(47)37-14-6-3-7-15-37)33-22-26-46-42(28-33)39-17-9-11-19-45(39)51(46)36-12-4-2-5-13-36/h2-31H,1H3. The van der Waals surface area contributed by atoms with Crippen LogP contribution in [0.15, 0.2) is 182 Å². The number of aryl methyl sites for hydroxylation is 1. The Bertz CT molecular complexity index is 3180. The number of para-hydroxylation sites is 4. The molecule has 0 N–H and O–H groups in total. The average Bonchev–Trinajstić information content (AvgIpc) is 3.82. The monoisotopic (exact) mass is 663 g/mol. The molecular weight excluding hydrogens is 631 g/mol. The first kappa shape index (κ1) is 28.9. The fourth-order valence-corrected chi connectivity index (χ4v) is 8.58. The van der Waals surface area contributed by atoms with E-state index in [1.807, 2.05) is 0 Å². The van der Waals surface area contributed by atoms with Crippen molar-refractivity contribution in [1.82, 2.24) is 13.7 Å². The minimum Gasteiger partial charge on any atom is -0.344 e. The van der Waals surface area contributed by atoms with E-state index in [1.165, 1.54) is 93.4 Å². The van der Waals surface area contributed by atoms with Crippen molar-refractivity contribution in [1.29, 1.82) is 0 Å². The molecule has 0 aliphatic carbocycles. The number of rotatable bonds is 4. The maximum absolute atomic E-state index is 2.42. The van der Waals surface area contributed by atoms with Crippen molar-refractivity contribution < 1.29 is 0 Å². The van der Waals surface area contributed by atoms with Gasteiger partial charge < -0.3 is 13.7 Å². The fourth-order valence-electron chi connectivity index (χ4n) is 8.58. The van der Waals surface area contributed by atoms with Gasteiger partial charge in [-0.3, -0.25) is 0 Å². The molecule has 244 valence electrons. The second-order valence-electron chi connectivity index (χ2n) is 13.9. The molecule has 0 aliphatic heterocycles. The van der Waals surface area contributed by atoms with E-state index in [9.17, 15) is 0 Å². The van der Waals surface area contributed by atoms with Crippen LogP contribution in [-0.4, -0.2) is 13.7 Å². The second kappa shape index (κ2) is 11.1. The third-order valence-corrected chi connectivity index (χ3v) is 11.0. The molecule has 52 heavy (non-hydrogen) atoms. The van der Waals surface area contributed by atoms with Gasteiger partial charge in [0.25, 0.3) is 0 Å². The highest BCUT2D eigenvalue weighted by atomic mass is 15.0. The molecule has 3 nitrogen and oxygen atoms in total. The van der Waals surface area contributed by atoms with Gasteiger partial charge in [-0.2, -0.15) is 0 Å². The van der Waals surface area contributed by atoms with E-state index in [1.54, 1.807) is 0 Å². The first-order chi connectivity index (χ1) is 25.7. The van der Waals surface area contributed by atoms with Gasteiger partial charge in [-0.25, -0.2) is 0 Å². The van der Waals surface area contributed by atoms with Gasteiger partial charge >= 0.3 is 0 Å². The number of benzene rings is 8. The van der Waals surface area contributed by atoms with Gasteiger partial charge in [0.1, 0.15) is 0 Å². The lowest BCUT2D eigenvalue weighted by Gasteiger charge is -2.10. The van der Waals surface area contributed by atoms with Crippen molar-refractivity contribution in [3.8, 4) is 33.6 Å². The lowest BCUT2D eigenvalue weighted by atomic mass is 9.99. The van der Waals surface area contributed by atoms with Crippen LogP contribution in [0.1, 0.15) is 0 Å². The second-order valence-corrected chi connectivity index (χ2v) is 13.9. The van der Waals surface area contributed by atoms with Gasteiger partial charge in [-0.05, 0) is 95.1 Å². The predicted molar refractivity (Wildman–Crippen MR) is 220 cm³/mol. The zero-order chi connectivity index (χ0) is 34.3. The van der Waals surface area contributed by atoms with Crippen LogP contribution in [0, 0.1) is 0 Å². The minimum atomic E-state index is 1.16. The molecule has 0 radical (unpaired) electrons. The molecule has 8 aromatic carbocycles. The van der Waals surface area contributed by atoms with E-state index >= 15 is 0 Å². The highest BCUT2D eigenvalue weighted by molar-refractivity contribution is 6.14. The van der Waals surface area contributed by atoms with E-state index in [2.05, 4.69) is 203 Å². The molecule has 0 fully saturated rings. The van der Waals surface area contributed by atoms with Crippen molar-refractivity contribution in [2.24, 2.45) is 7.05 Å². The van der Waals surface area contributed by atoms with Gasteiger partial charge in [0.2, 0.25) is 0 Å². The van der Waals surface area contributed by atoms with Crippen LogP contribution in [0.25, 0.3) is 99.0 Å². The largest absolute Gasteiger partial charge is 0.344 e. The Morgan fingerprint density at radius 1 is 0.269 bits per heavy atom. The van der Waals surface area contributed by atoms with Crippen molar-refractivity contribution in [3.63, 3.8) is 0 Å². The molecule has 0 aliphatic rings. The van der Waals surface area contributed by atoms with Crippen LogP contribution in [0.3, 0.4) is 0 Å². The molecule has 0 saturated carbocycles. The molecule has 3 heterocycles. The third-order valence-electron chi connectivity index (χ3n) is 11.0. The number of fused-ring (bicyclic) bond motifs is 9. The number of hydrogen-bond donors (Lipinski definition) is 0. The summed E-state index contributed by atoms with van der Waals surface area (Å²) in [7, 11) is 2.17. The molecule has 0 unspecified atom stereocenters. The van der Waals surface area contributed by atoms with Crippen molar-refractivity contribution in [2.75, 3.05) is 0 Å². The summed E-state index contributed by atoms with van der Waals surface area (Å²) in [6.45, 7) is 0. The Morgan fingerprint density at radius 2 is 0.654 bits per heavy atom. The van der Waals surface area contributed by atoms with Crippen molar-refractivity contribution >= 4 is 65.4 Å². The Labute approximate surface area is 300 Å². The number of hydrogen-bond acceptors (Lipinski definition) is 0. The van der Waals surface area contributed by atoms with Crippen LogP contribution in [0.2, 0.25) is 0 Å². The smallest absolute Gasteiger partial charge is 0.0547 e. The molecule has 0 saturated heterocycles.